The average molecular weight is 348 g/mol. The van der Waals surface area contributed by atoms with Crippen LogP contribution in [-0.2, 0) is 17.4 Å². The summed E-state index contributed by atoms with van der Waals surface area (Å²) in [7, 11) is -1.55. The standard InChI is InChI=1S/C21H37NOSi/c1-5-6-7-8-9-12-17-24(3,4)23-19(2)22-16-15-20-13-10-11-14-21(20)18-22/h10-11,13-14,19H,5-9,12,15-18H2,1-4H3. The van der Waals surface area contributed by atoms with E-state index in [-0.39, 0.29) is 6.23 Å². The highest BCUT2D eigenvalue weighted by Gasteiger charge is 2.28. The van der Waals surface area contributed by atoms with Crippen LogP contribution in [0.3, 0.4) is 0 Å². The molecule has 0 aromatic heterocycles. The SMILES string of the molecule is CCCCCCCC[Si](C)(C)OC(C)N1CCc2ccccc2C1. The Balaban J connectivity index is 1.73. The zero-order chi connectivity index (χ0) is 17.4. The molecule has 1 aliphatic heterocycles. The van der Waals surface area contributed by atoms with E-state index >= 15 is 0 Å². The quantitative estimate of drug-likeness (QED) is 0.382. The fourth-order valence-corrected chi connectivity index (χ4v) is 6.05. The van der Waals surface area contributed by atoms with Crippen molar-refractivity contribution in [2.75, 3.05) is 6.54 Å². The number of benzene rings is 1. The van der Waals surface area contributed by atoms with Crippen LogP contribution in [0.2, 0.25) is 19.1 Å². The third kappa shape index (κ3) is 6.34. The van der Waals surface area contributed by atoms with Crippen LogP contribution < -0.4 is 0 Å². The van der Waals surface area contributed by atoms with Gasteiger partial charge in [0, 0.05) is 13.1 Å². The Morgan fingerprint density at radius 1 is 1.04 bits per heavy atom. The molecule has 2 rings (SSSR count). The van der Waals surface area contributed by atoms with Crippen molar-refractivity contribution in [1.82, 2.24) is 4.90 Å². The van der Waals surface area contributed by atoms with Crippen molar-refractivity contribution in [3.8, 4) is 0 Å². The molecule has 1 aromatic rings. The molecule has 2 nitrogen and oxygen atoms in total. The fourth-order valence-electron chi connectivity index (χ4n) is 3.75. The van der Waals surface area contributed by atoms with E-state index in [4.69, 9.17) is 4.43 Å². The molecule has 0 bridgehead atoms. The molecule has 1 atom stereocenters. The molecular formula is C21H37NOSi. The second-order valence-corrected chi connectivity index (χ2v) is 12.2. The van der Waals surface area contributed by atoms with E-state index in [1.54, 1.807) is 0 Å². The topological polar surface area (TPSA) is 12.5 Å². The minimum absolute atomic E-state index is 0.250. The molecule has 1 unspecified atom stereocenters. The zero-order valence-electron chi connectivity index (χ0n) is 16.3. The molecule has 0 spiro atoms. The van der Waals surface area contributed by atoms with Crippen molar-refractivity contribution in [2.24, 2.45) is 0 Å². The highest BCUT2D eigenvalue weighted by Crippen LogP contribution is 2.24. The van der Waals surface area contributed by atoms with Gasteiger partial charge in [-0.25, -0.2) is 0 Å². The van der Waals surface area contributed by atoms with Crippen LogP contribution in [-0.4, -0.2) is 26.0 Å². The van der Waals surface area contributed by atoms with Gasteiger partial charge in [0.2, 0.25) is 0 Å². The van der Waals surface area contributed by atoms with Crippen molar-refractivity contribution < 1.29 is 4.43 Å². The van der Waals surface area contributed by atoms with Crippen molar-refractivity contribution >= 4 is 8.32 Å². The van der Waals surface area contributed by atoms with E-state index in [1.165, 1.54) is 55.7 Å². The summed E-state index contributed by atoms with van der Waals surface area (Å²) in [6, 6.07) is 10.2. The molecule has 0 N–H and O–H groups in total. The summed E-state index contributed by atoms with van der Waals surface area (Å²) >= 11 is 0. The maximum absolute atomic E-state index is 6.58. The summed E-state index contributed by atoms with van der Waals surface area (Å²) in [5, 5.41) is 0. The number of unbranched alkanes of at least 4 members (excludes halogenated alkanes) is 5. The Labute approximate surface area is 150 Å². The van der Waals surface area contributed by atoms with Gasteiger partial charge in [-0.2, -0.15) is 0 Å². The van der Waals surface area contributed by atoms with Crippen LogP contribution in [0.15, 0.2) is 24.3 Å². The molecule has 0 saturated heterocycles. The van der Waals surface area contributed by atoms with Crippen LogP contribution in [0.1, 0.15) is 63.5 Å². The van der Waals surface area contributed by atoms with Crippen molar-refractivity contribution in [3.05, 3.63) is 35.4 Å². The van der Waals surface area contributed by atoms with Crippen molar-refractivity contribution in [1.29, 1.82) is 0 Å². The molecular weight excluding hydrogens is 310 g/mol. The van der Waals surface area contributed by atoms with Crippen molar-refractivity contribution in [2.45, 2.75) is 90.7 Å². The normalized spacial score (nSPS) is 16.8. The predicted octanol–water partition coefficient (Wildman–Crippen LogP) is 5.97. The number of fused-ring (bicyclic) bond motifs is 1. The molecule has 136 valence electrons. The lowest BCUT2D eigenvalue weighted by Crippen LogP contribution is -2.45. The first-order valence-corrected chi connectivity index (χ1v) is 13.1. The third-order valence-electron chi connectivity index (χ3n) is 5.30. The van der Waals surface area contributed by atoms with E-state index in [0.29, 0.717) is 0 Å². The Morgan fingerprint density at radius 2 is 1.71 bits per heavy atom. The maximum atomic E-state index is 6.58. The Morgan fingerprint density at radius 3 is 2.46 bits per heavy atom. The summed E-state index contributed by atoms with van der Waals surface area (Å²) < 4.78 is 6.58. The molecule has 1 heterocycles. The minimum atomic E-state index is -1.55. The summed E-state index contributed by atoms with van der Waals surface area (Å²) in [4.78, 5) is 2.51. The molecule has 0 fully saturated rings. The van der Waals surface area contributed by atoms with Crippen molar-refractivity contribution in [3.63, 3.8) is 0 Å². The average Bonchev–Trinajstić information content (AvgIpc) is 2.57. The summed E-state index contributed by atoms with van der Waals surface area (Å²) in [6.07, 6.45) is 9.66. The lowest BCUT2D eigenvalue weighted by atomic mass is 10.00. The van der Waals surface area contributed by atoms with Gasteiger partial charge >= 0.3 is 0 Å². The van der Waals surface area contributed by atoms with E-state index in [2.05, 4.69) is 56.1 Å². The summed E-state index contributed by atoms with van der Waals surface area (Å²) in [5.74, 6) is 0. The molecule has 0 amide bonds. The summed E-state index contributed by atoms with van der Waals surface area (Å²) in [6.45, 7) is 11.5. The van der Waals surface area contributed by atoms with Gasteiger partial charge in [0.05, 0.1) is 6.23 Å². The molecule has 24 heavy (non-hydrogen) atoms. The summed E-state index contributed by atoms with van der Waals surface area (Å²) in [5.41, 5.74) is 3.00. The van der Waals surface area contributed by atoms with Crippen LogP contribution in [0, 0.1) is 0 Å². The largest absolute Gasteiger partial charge is 0.402 e. The van der Waals surface area contributed by atoms with E-state index < -0.39 is 8.32 Å². The highest BCUT2D eigenvalue weighted by atomic mass is 28.4. The van der Waals surface area contributed by atoms with Crippen LogP contribution >= 0.6 is 0 Å². The minimum Gasteiger partial charge on any atom is -0.402 e. The lowest BCUT2D eigenvalue weighted by Gasteiger charge is -2.37. The molecule has 1 aliphatic rings. The van der Waals surface area contributed by atoms with Gasteiger partial charge in [-0.05, 0) is 43.6 Å². The molecule has 3 heteroatoms. The van der Waals surface area contributed by atoms with Gasteiger partial charge < -0.3 is 4.43 Å². The molecule has 0 aliphatic carbocycles. The van der Waals surface area contributed by atoms with E-state index in [0.717, 1.165) is 19.5 Å². The maximum Gasteiger partial charge on any atom is 0.188 e. The highest BCUT2D eigenvalue weighted by molar-refractivity contribution is 6.71. The van der Waals surface area contributed by atoms with Gasteiger partial charge in [0.15, 0.2) is 8.32 Å². The smallest absolute Gasteiger partial charge is 0.188 e. The fraction of sp³-hybridized carbons (Fsp3) is 0.714. The number of hydrogen-bond donors (Lipinski definition) is 0. The van der Waals surface area contributed by atoms with E-state index in [1.807, 2.05) is 0 Å². The zero-order valence-corrected chi connectivity index (χ0v) is 17.3. The van der Waals surface area contributed by atoms with Crippen LogP contribution in [0.5, 0.6) is 0 Å². The van der Waals surface area contributed by atoms with Gasteiger partial charge in [-0.3, -0.25) is 4.90 Å². The lowest BCUT2D eigenvalue weighted by molar-refractivity contribution is 0.0223. The van der Waals surface area contributed by atoms with Crippen LogP contribution in [0.25, 0.3) is 0 Å². The second kappa shape index (κ2) is 9.74. The first-order valence-electron chi connectivity index (χ1n) is 10.0. The first-order chi connectivity index (χ1) is 11.5. The van der Waals surface area contributed by atoms with Gasteiger partial charge in [-0.1, -0.05) is 69.7 Å². The Kier molecular flexibility index (Phi) is 7.99. The van der Waals surface area contributed by atoms with Gasteiger partial charge in [-0.15, -0.1) is 0 Å². The Bertz CT molecular complexity index is 488. The molecule has 1 aromatic carbocycles. The van der Waals surface area contributed by atoms with Crippen LogP contribution in [0.4, 0.5) is 0 Å². The first kappa shape index (κ1) is 19.7. The second-order valence-electron chi connectivity index (χ2n) is 7.98. The van der Waals surface area contributed by atoms with E-state index in [9.17, 15) is 0 Å². The molecule has 0 radical (unpaired) electrons. The number of rotatable bonds is 10. The third-order valence-corrected chi connectivity index (χ3v) is 7.83. The number of hydrogen-bond acceptors (Lipinski definition) is 2. The van der Waals surface area contributed by atoms with Gasteiger partial charge in [0.25, 0.3) is 0 Å². The monoisotopic (exact) mass is 347 g/mol. The molecule has 0 saturated carbocycles. The Hall–Kier alpha value is -0.643. The predicted molar refractivity (Wildman–Crippen MR) is 107 cm³/mol. The van der Waals surface area contributed by atoms with Gasteiger partial charge in [0.1, 0.15) is 0 Å². The number of nitrogens with zero attached hydrogens (tertiary/aromatic N) is 1.